The van der Waals surface area contributed by atoms with Crippen molar-refractivity contribution in [2.75, 3.05) is 5.32 Å². The van der Waals surface area contributed by atoms with Crippen molar-refractivity contribution in [2.24, 2.45) is 0 Å². The van der Waals surface area contributed by atoms with E-state index in [0.717, 1.165) is 31.3 Å². The maximum absolute atomic E-state index is 12.4. The van der Waals surface area contributed by atoms with Crippen molar-refractivity contribution in [2.45, 2.75) is 20.8 Å². The van der Waals surface area contributed by atoms with Gasteiger partial charge in [0.15, 0.2) is 0 Å². The van der Waals surface area contributed by atoms with Crippen LogP contribution in [0.25, 0.3) is 0 Å². The number of hydrogen-bond acceptors (Lipinski definition) is 1. The summed E-state index contributed by atoms with van der Waals surface area (Å²) in [6.07, 6.45) is 0. The van der Waals surface area contributed by atoms with Crippen molar-refractivity contribution in [1.82, 2.24) is 0 Å². The van der Waals surface area contributed by atoms with Crippen molar-refractivity contribution in [3.8, 4) is 0 Å². The Morgan fingerprint density at radius 2 is 1.60 bits per heavy atom. The summed E-state index contributed by atoms with van der Waals surface area (Å²) in [5, 5.41) is 3.00. The zero-order chi connectivity index (χ0) is 14.9. The lowest BCUT2D eigenvalue weighted by atomic mass is 10.1. The Balaban J connectivity index is 2.35. The minimum absolute atomic E-state index is 0.103. The van der Waals surface area contributed by atoms with E-state index in [4.69, 9.17) is 0 Å². The molecule has 1 amide bonds. The lowest BCUT2D eigenvalue weighted by Gasteiger charge is -2.13. The Kier molecular flexibility index (Phi) is 4.66. The van der Waals surface area contributed by atoms with Crippen LogP contribution in [-0.4, -0.2) is 5.91 Å². The normalized spacial score (nSPS) is 10.4. The Bertz CT molecular complexity index is 657. The smallest absolute Gasteiger partial charge is 0.256 e. The first kappa shape index (κ1) is 15.3. The summed E-state index contributed by atoms with van der Waals surface area (Å²) in [5.41, 5.74) is 4.64. The van der Waals surface area contributed by atoms with Crippen LogP contribution < -0.4 is 5.32 Å². The maximum Gasteiger partial charge on any atom is 0.256 e. The Morgan fingerprint density at radius 3 is 2.20 bits per heavy atom. The number of halogens is 2. The molecule has 0 fully saturated rings. The molecule has 0 heterocycles. The van der Waals surface area contributed by atoms with E-state index in [0.29, 0.717) is 5.56 Å². The molecule has 2 aromatic rings. The Labute approximate surface area is 135 Å². The second kappa shape index (κ2) is 6.10. The molecule has 0 aliphatic heterocycles. The largest absolute Gasteiger partial charge is 0.321 e. The molecule has 1 N–H and O–H groups in total. The number of amides is 1. The number of rotatable bonds is 2. The van der Waals surface area contributed by atoms with Gasteiger partial charge in [0.05, 0.1) is 5.56 Å². The second-order valence-corrected chi connectivity index (χ2v) is 6.62. The molecule has 104 valence electrons. The summed E-state index contributed by atoms with van der Waals surface area (Å²) >= 11 is 6.88. The minimum Gasteiger partial charge on any atom is -0.321 e. The molecule has 0 aliphatic carbocycles. The molecule has 20 heavy (non-hydrogen) atoms. The van der Waals surface area contributed by atoms with E-state index in [1.807, 2.05) is 51.1 Å². The molecule has 0 spiro atoms. The van der Waals surface area contributed by atoms with Gasteiger partial charge in [-0.05, 0) is 72.1 Å². The van der Waals surface area contributed by atoms with Crippen LogP contribution in [0.3, 0.4) is 0 Å². The van der Waals surface area contributed by atoms with Gasteiger partial charge in [0.1, 0.15) is 0 Å². The van der Waals surface area contributed by atoms with Gasteiger partial charge < -0.3 is 5.32 Å². The van der Waals surface area contributed by atoms with Crippen molar-refractivity contribution in [3.63, 3.8) is 0 Å². The minimum atomic E-state index is -0.103. The van der Waals surface area contributed by atoms with E-state index < -0.39 is 0 Å². The standard InChI is InChI=1S/C16H15Br2NO/c1-9-4-5-14(18)13(6-9)16(20)19-15-10(2)7-12(17)8-11(15)3/h4-8H,1-3H3,(H,19,20). The Hall–Kier alpha value is -1.13. The fourth-order valence-corrected chi connectivity index (χ4v) is 3.22. The van der Waals surface area contributed by atoms with Gasteiger partial charge in [-0.15, -0.1) is 0 Å². The molecule has 0 aromatic heterocycles. The van der Waals surface area contributed by atoms with E-state index in [1.54, 1.807) is 0 Å². The molecule has 0 unspecified atom stereocenters. The van der Waals surface area contributed by atoms with Crippen molar-refractivity contribution < 1.29 is 4.79 Å². The van der Waals surface area contributed by atoms with Crippen molar-refractivity contribution >= 4 is 43.5 Å². The van der Waals surface area contributed by atoms with Crippen LogP contribution in [0.2, 0.25) is 0 Å². The quantitative estimate of drug-likeness (QED) is 0.724. The van der Waals surface area contributed by atoms with E-state index in [1.165, 1.54) is 0 Å². The number of anilines is 1. The van der Waals surface area contributed by atoms with Crippen LogP contribution >= 0.6 is 31.9 Å². The summed E-state index contributed by atoms with van der Waals surface area (Å²) in [5.74, 6) is -0.103. The number of carbonyl (C=O) groups excluding carboxylic acids is 1. The fourth-order valence-electron chi connectivity index (χ4n) is 2.10. The number of benzene rings is 2. The average molecular weight is 397 g/mol. The van der Waals surface area contributed by atoms with Crippen LogP contribution in [0.15, 0.2) is 39.3 Å². The third kappa shape index (κ3) is 3.30. The van der Waals surface area contributed by atoms with Crippen LogP contribution in [0.4, 0.5) is 5.69 Å². The number of nitrogens with one attached hydrogen (secondary N) is 1. The van der Waals surface area contributed by atoms with Gasteiger partial charge in [-0.25, -0.2) is 0 Å². The summed E-state index contributed by atoms with van der Waals surface area (Å²) in [4.78, 5) is 12.4. The van der Waals surface area contributed by atoms with Gasteiger partial charge in [-0.2, -0.15) is 0 Å². The first-order valence-corrected chi connectivity index (χ1v) is 7.81. The van der Waals surface area contributed by atoms with Crippen LogP contribution in [-0.2, 0) is 0 Å². The molecule has 0 saturated carbocycles. The Morgan fingerprint density at radius 1 is 1.00 bits per heavy atom. The summed E-state index contributed by atoms with van der Waals surface area (Å²) < 4.78 is 1.82. The summed E-state index contributed by atoms with van der Waals surface area (Å²) in [7, 11) is 0. The highest BCUT2D eigenvalue weighted by Crippen LogP contribution is 2.26. The van der Waals surface area contributed by atoms with E-state index in [9.17, 15) is 4.79 Å². The molecule has 0 atom stereocenters. The second-order valence-electron chi connectivity index (χ2n) is 4.85. The van der Waals surface area contributed by atoms with Crippen LogP contribution in [0.5, 0.6) is 0 Å². The molecule has 2 nitrogen and oxygen atoms in total. The topological polar surface area (TPSA) is 29.1 Å². The molecule has 2 aromatic carbocycles. The predicted octanol–water partition coefficient (Wildman–Crippen LogP) is 5.39. The van der Waals surface area contributed by atoms with Gasteiger partial charge in [0, 0.05) is 14.6 Å². The summed E-state index contributed by atoms with van der Waals surface area (Å²) in [6.45, 7) is 5.94. The average Bonchev–Trinajstić information content (AvgIpc) is 2.36. The van der Waals surface area contributed by atoms with E-state index in [-0.39, 0.29) is 5.91 Å². The highest BCUT2D eigenvalue weighted by Gasteiger charge is 2.13. The number of aryl methyl sites for hydroxylation is 3. The predicted molar refractivity (Wildman–Crippen MR) is 90.4 cm³/mol. The molecule has 4 heteroatoms. The highest BCUT2D eigenvalue weighted by molar-refractivity contribution is 9.10. The van der Waals surface area contributed by atoms with Crippen LogP contribution in [0, 0.1) is 20.8 Å². The molecule has 0 aliphatic rings. The molecule has 0 radical (unpaired) electrons. The van der Waals surface area contributed by atoms with Gasteiger partial charge in [0.25, 0.3) is 5.91 Å². The first-order valence-electron chi connectivity index (χ1n) is 6.22. The van der Waals surface area contributed by atoms with Gasteiger partial charge in [-0.1, -0.05) is 27.6 Å². The monoisotopic (exact) mass is 395 g/mol. The molecule has 0 bridgehead atoms. The summed E-state index contributed by atoms with van der Waals surface area (Å²) in [6, 6.07) is 9.73. The van der Waals surface area contributed by atoms with E-state index in [2.05, 4.69) is 37.2 Å². The highest BCUT2D eigenvalue weighted by atomic mass is 79.9. The third-order valence-electron chi connectivity index (χ3n) is 3.10. The van der Waals surface area contributed by atoms with Gasteiger partial charge in [-0.3, -0.25) is 4.79 Å². The lowest BCUT2D eigenvalue weighted by molar-refractivity contribution is 0.102. The number of hydrogen-bond donors (Lipinski definition) is 1. The van der Waals surface area contributed by atoms with Gasteiger partial charge in [0.2, 0.25) is 0 Å². The first-order chi connectivity index (χ1) is 9.38. The van der Waals surface area contributed by atoms with Crippen LogP contribution in [0.1, 0.15) is 27.0 Å². The third-order valence-corrected chi connectivity index (χ3v) is 4.25. The molecular formula is C16H15Br2NO. The fraction of sp³-hybridized carbons (Fsp3) is 0.188. The molecule has 2 rings (SSSR count). The molecule has 0 saturated heterocycles. The lowest BCUT2D eigenvalue weighted by Crippen LogP contribution is -2.14. The zero-order valence-electron chi connectivity index (χ0n) is 11.6. The van der Waals surface area contributed by atoms with Crippen molar-refractivity contribution in [3.05, 3.63) is 61.5 Å². The zero-order valence-corrected chi connectivity index (χ0v) is 14.7. The maximum atomic E-state index is 12.4. The SMILES string of the molecule is Cc1ccc(Br)c(C(=O)Nc2c(C)cc(Br)cc2C)c1. The van der Waals surface area contributed by atoms with E-state index >= 15 is 0 Å². The van der Waals surface area contributed by atoms with Gasteiger partial charge >= 0.3 is 0 Å². The molecular weight excluding hydrogens is 382 g/mol. The van der Waals surface area contributed by atoms with Crippen molar-refractivity contribution in [1.29, 1.82) is 0 Å². The number of carbonyl (C=O) groups is 1.